The van der Waals surface area contributed by atoms with Gasteiger partial charge in [-0.25, -0.2) is 9.18 Å². The number of aliphatic hydroxyl groups is 1. The Morgan fingerprint density at radius 3 is 2.50 bits per heavy atom. The van der Waals surface area contributed by atoms with Crippen molar-refractivity contribution in [3.63, 3.8) is 0 Å². The molecule has 8 nitrogen and oxygen atoms in total. The zero-order chi connectivity index (χ0) is 24.3. The molecule has 182 valence electrons. The highest BCUT2D eigenvalue weighted by atomic mass is 19.1. The summed E-state index contributed by atoms with van der Waals surface area (Å²) in [5.74, 6) is -1.30. The average molecular weight is 473 g/mol. The van der Waals surface area contributed by atoms with Crippen LogP contribution in [0.5, 0.6) is 0 Å². The Balaban J connectivity index is 1.70. The van der Waals surface area contributed by atoms with Gasteiger partial charge in [-0.15, -0.1) is 0 Å². The number of nitrogens with one attached hydrogen (secondary N) is 1. The molecule has 0 bridgehead atoms. The summed E-state index contributed by atoms with van der Waals surface area (Å²) in [6.07, 6.45) is 1.47. The van der Waals surface area contributed by atoms with Crippen LogP contribution in [-0.2, 0) is 30.3 Å². The van der Waals surface area contributed by atoms with Crippen molar-refractivity contribution in [1.29, 1.82) is 0 Å². The highest BCUT2D eigenvalue weighted by Gasteiger charge is 2.29. The van der Waals surface area contributed by atoms with Gasteiger partial charge < -0.3 is 29.4 Å². The molecule has 0 unspecified atom stereocenters. The molecule has 0 radical (unpaired) electrons. The summed E-state index contributed by atoms with van der Waals surface area (Å²) in [5, 5.41) is 11.6. The van der Waals surface area contributed by atoms with Gasteiger partial charge in [0.05, 0.1) is 39.1 Å². The first-order chi connectivity index (χ1) is 16.5. The number of hydrogen-bond donors (Lipinski definition) is 2. The van der Waals surface area contributed by atoms with Crippen molar-refractivity contribution < 1.29 is 38.0 Å². The minimum absolute atomic E-state index is 0.0787. The molecule has 0 saturated heterocycles. The Bertz CT molecular complexity index is 976. The van der Waals surface area contributed by atoms with Crippen LogP contribution in [0.4, 0.5) is 4.39 Å². The highest BCUT2D eigenvalue weighted by molar-refractivity contribution is 5.91. The molecule has 2 N–H and O–H groups in total. The number of amides is 1. The van der Waals surface area contributed by atoms with E-state index in [0.29, 0.717) is 12.0 Å². The van der Waals surface area contributed by atoms with Gasteiger partial charge in [0.2, 0.25) is 6.29 Å². The average Bonchev–Trinajstić information content (AvgIpc) is 2.87. The van der Waals surface area contributed by atoms with E-state index in [1.807, 2.05) is 0 Å². The summed E-state index contributed by atoms with van der Waals surface area (Å²) >= 11 is 0. The predicted molar refractivity (Wildman–Crippen MR) is 120 cm³/mol. The second-order valence-electron chi connectivity index (χ2n) is 7.55. The molecule has 34 heavy (non-hydrogen) atoms. The third-order valence-corrected chi connectivity index (χ3v) is 5.17. The van der Waals surface area contributed by atoms with Crippen molar-refractivity contribution in [3.05, 3.63) is 82.9 Å². The summed E-state index contributed by atoms with van der Waals surface area (Å²) < 4.78 is 34.6. The zero-order valence-electron chi connectivity index (χ0n) is 18.9. The standard InChI is InChI=1S/C25H28FNO7/c1-31-25(30)19-6-4-18(5-7-19)20-14-22(34-23(15-20)33-13-12-32-11-10-28)24(29)27-16-17-2-8-21(26)9-3-17/h2-9,14,20,23,28H,10-13,15-16H2,1H3,(H,27,29)/t20-,23+/m1/s1. The number of aliphatic hydroxyl groups excluding tert-OH is 1. The van der Waals surface area contributed by atoms with Crippen molar-refractivity contribution in [2.75, 3.05) is 33.5 Å². The summed E-state index contributed by atoms with van der Waals surface area (Å²) in [5.41, 5.74) is 2.05. The van der Waals surface area contributed by atoms with Crippen molar-refractivity contribution in [1.82, 2.24) is 5.32 Å². The minimum atomic E-state index is -0.695. The normalized spacial score (nSPS) is 17.4. The molecule has 0 fully saturated rings. The highest BCUT2D eigenvalue weighted by Crippen LogP contribution is 2.31. The van der Waals surface area contributed by atoms with Gasteiger partial charge in [-0.3, -0.25) is 4.79 Å². The first-order valence-electron chi connectivity index (χ1n) is 10.9. The molecule has 1 aliphatic heterocycles. The largest absolute Gasteiger partial charge is 0.465 e. The van der Waals surface area contributed by atoms with Gasteiger partial charge in [0.1, 0.15) is 5.82 Å². The van der Waals surface area contributed by atoms with E-state index in [1.165, 1.54) is 19.2 Å². The Morgan fingerprint density at radius 1 is 1.09 bits per heavy atom. The molecule has 0 spiro atoms. The first-order valence-corrected chi connectivity index (χ1v) is 10.9. The molecule has 9 heteroatoms. The number of halogens is 1. The predicted octanol–water partition coefficient (Wildman–Crippen LogP) is 2.67. The lowest BCUT2D eigenvalue weighted by Gasteiger charge is -2.29. The summed E-state index contributed by atoms with van der Waals surface area (Å²) in [4.78, 5) is 24.5. The van der Waals surface area contributed by atoms with Gasteiger partial charge in [-0.2, -0.15) is 0 Å². The maximum absolute atomic E-state index is 13.1. The van der Waals surface area contributed by atoms with Crippen LogP contribution in [0, 0.1) is 5.82 Å². The van der Waals surface area contributed by atoms with Crippen LogP contribution in [0.25, 0.3) is 0 Å². The molecule has 0 aliphatic carbocycles. The van der Waals surface area contributed by atoms with Crippen molar-refractivity contribution in [3.8, 4) is 0 Å². The van der Waals surface area contributed by atoms with Gasteiger partial charge >= 0.3 is 5.97 Å². The van der Waals surface area contributed by atoms with Crippen LogP contribution in [-0.4, -0.2) is 56.8 Å². The Morgan fingerprint density at radius 2 is 1.82 bits per heavy atom. The van der Waals surface area contributed by atoms with E-state index in [2.05, 4.69) is 5.32 Å². The number of methoxy groups -OCH3 is 1. The fourth-order valence-corrected chi connectivity index (χ4v) is 3.41. The fraction of sp³-hybridized carbons (Fsp3) is 0.360. The van der Waals surface area contributed by atoms with E-state index < -0.39 is 18.2 Å². The van der Waals surface area contributed by atoms with E-state index >= 15 is 0 Å². The van der Waals surface area contributed by atoms with E-state index in [9.17, 15) is 14.0 Å². The molecule has 3 rings (SSSR count). The number of hydrogen-bond acceptors (Lipinski definition) is 7. The van der Waals surface area contributed by atoms with Gasteiger partial charge in [-0.05, 0) is 41.5 Å². The smallest absolute Gasteiger partial charge is 0.337 e. The first kappa shape index (κ1) is 25.4. The number of benzene rings is 2. The molecule has 1 heterocycles. The van der Waals surface area contributed by atoms with Gasteiger partial charge in [-0.1, -0.05) is 24.3 Å². The Kier molecular flexibility index (Phi) is 9.57. The lowest BCUT2D eigenvalue weighted by atomic mass is 9.92. The lowest BCUT2D eigenvalue weighted by molar-refractivity contribution is -0.151. The molecule has 0 aromatic heterocycles. The molecular weight excluding hydrogens is 445 g/mol. The number of carbonyl (C=O) groups is 2. The van der Waals surface area contributed by atoms with Gasteiger partial charge in [0, 0.05) is 18.9 Å². The number of allylic oxidation sites excluding steroid dienone is 1. The topological polar surface area (TPSA) is 103 Å². The molecule has 2 aromatic carbocycles. The van der Waals surface area contributed by atoms with Gasteiger partial charge in [0.15, 0.2) is 5.76 Å². The second kappa shape index (κ2) is 12.8. The molecule has 0 saturated carbocycles. The third kappa shape index (κ3) is 7.38. The van der Waals surface area contributed by atoms with Crippen LogP contribution >= 0.6 is 0 Å². The van der Waals surface area contributed by atoms with E-state index in [-0.39, 0.29) is 50.5 Å². The van der Waals surface area contributed by atoms with Crippen LogP contribution in [0.2, 0.25) is 0 Å². The van der Waals surface area contributed by atoms with Crippen molar-refractivity contribution in [2.24, 2.45) is 0 Å². The second-order valence-corrected chi connectivity index (χ2v) is 7.55. The number of rotatable bonds is 11. The molecule has 2 aromatic rings. The maximum atomic E-state index is 13.1. The van der Waals surface area contributed by atoms with Crippen molar-refractivity contribution in [2.45, 2.75) is 25.2 Å². The number of ether oxygens (including phenoxy) is 4. The van der Waals surface area contributed by atoms with Crippen molar-refractivity contribution >= 4 is 11.9 Å². The Labute approximate surface area is 197 Å². The lowest BCUT2D eigenvalue weighted by Crippen LogP contribution is -2.33. The Hall–Kier alpha value is -3.27. The monoisotopic (exact) mass is 473 g/mol. The van der Waals surface area contributed by atoms with Crippen LogP contribution < -0.4 is 5.32 Å². The zero-order valence-corrected chi connectivity index (χ0v) is 18.9. The SMILES string of the molecule is COC(=O)c1ccc([C@@H]2C=C(C(=O)NCc3ccc(F)cc3)O[C@H](OCCOCCO)C2)cc1. The fourth-order valence-electron chi connectivity index (χ4n) is 3.41. The van der Waals surface area contributed by atoms with Crippen LogP contribution in [0.3, 0.4) is 0 Å². The van der Waals surface area contributed by atoms with E-state index in [1.54, 1.807) is 42.5 Å². The maximum Gasteiger partial charge on any atom is 0.337 e. The molecule has 1 amide bonds. The summed E-state index contributed by atoms with van der Waals surface area (Å²) in [6, 6.07) is 12.8. The minimum Gasteiger partial charge on any atom is -0.465 e. The van der Waals surface area contributed by atoms with Crippen LogP contribution in [0.15, 0.2) is 60.4 Å². The number of carbonyl (C=O) groups excluding carboxylic acids is 2. The molecular formula is C25H28FNO7. The molecule has 2 atom stereocenters. The van der Waals surface area contributed by atoms with Crippen LogP contribution in [0.1, 0.15) is 33.8 Å². The summed E-state index contributed by atoms with van der Waals surface area (Å²) in [6.45, 7) is 0.836. The quantitative estimate of drug-likeness (QED) is 0.382. The van der Waals surface area contributed by atoms with Gasteiger partial charge in [0.25, 0.3) is 5.91 Å². The molecule has 1 aliphatic rings. The van der Waals surface area contributed by atoms with E-state index in [0.717, 1.165) is 11.1 Å². The third-order valence-electron chi connectivity index (χ3n) is 5.17. The number of esters is 1. The summed E-state index contributed by atoms with van der Waals surface area (Å²) in [7, 11) is 1.32. The van der Waals surface area contributed by atoms with E-state index in [4.69, 9.17) is 24.1 Å².